The number of aliphatic hydroxyl groups is 1. The molecule has 0 unspecified atom stereocenters. The molecule has 0 spiro atoms. The lowest BCUT2D eigenvalue weighted by atomic mass is 10.1. The number of hydrogen-bond donors (Lipinski definition) is 2. The molecule has 3 heteroatoms. The summed E-state index contributed by atoms with van der Waals surface area (Å²) >= 11 is 0. The first-order chi connectivity index (χ1) is 8.20. The van der Waals surface area contributed by atoms with Gasteiger partial charge in [-0.15, -0.1) is 0 Å². The summed E-state index contributed by atoms with van der Waals surface area (Å²) in [6.07, 6.45) is 3.07. The molecular weight excluding hydrogens is 212 g/mol. The van der Waals surface area contributed by atoms with Gasteiger partial charge in [0.05, 0.1) is 0 Å². The summed E-state index contributed by atoms with van der Waals surface area (Å²) in [6, 6.07) is 6.27. The number of nitrogens with two attached hydrogens (primary N) is 1. The zero-order valence-corrected chi connectivity index (χ0v) is 10.9. The lowest BCUT2D eigenvalue weighted by molar-refractivity contribution is 0.283. The Labute approximate surface area is 104 Å². The van der Waals surface area contributed by atoms with Crippen LogP contribution in [0.1, 0.15) is 30.4 Å². The van der Waals surface area contributed by atoms with E-state index in [1.165, 1.54) is 16.8 Å². The van der Waals surface area contributed by atoms with Crippen LogP contribution in [0.25, 0.3) is 0 Å². The van der Waals surface area contributed by atoms with Crippen molar-refractivity contribution in [2.45, 2.75) is 32.7 Å². The minimum absolute atomic E-state index is 0.294. The Morgan fingerprint density at radius 2 is 2.00 bits per heavy atom. The summed E-state index contributed by atoms with van der Waals surface area (Å²) in [5.74, 6) is 0. The summed E-state index contributed by atoms with van der Waals surface area (Å²) in [5, 5.41) is 8.74. The Kier molecular flexibility index (Phi) is 6.01. The van der Waals surface area contributed by atoms with Crippen LogP contribution in [0.4, 0.5) is 5.69 Å². The first-order valence-corrected chi connectivity index (χ1v) is 6.31. The highest BCUT2D eigenvalue weighted by molar-refractivity contribution is 5.58. The molecule has 1 aromatic rings. The van der Waals surface area contributed by atoms with Crippen molar-refractivity contribution in [3.05, 3.63) is 29.3 Å². The van der Waals surface area contributed by atoms with Crippen LogP contribution in [-0.2, 0) is 6.54 Å². The second kappa shape index (κ2) is 7.30. The third kappa shape index (κ3) is 4.02. The molecule has 3 nitrogen and oxygen atoms in total. The Morgan fingerprint density at radius 3 is 2.65 bits per heavy atom. The molecule has 0 aromatic heterocycles. The molecule has 0 amide bonds. The fraction of sp³-hybridized carbons (Fsp3) is 0.571. The number of aliphatic hydroxyl groups excluding tert-OH is 1. The number of unbranched alkanes of at least 4 members (excludes halogenated alkanes) is 2. The zero-order chi connectivity index (χ0) is 12.7. The summed E-state index contributed by atoms with van der Waals surface area (Å²) in [5.41, 5.74) is 9.52. The second-order valence-electron chi connectivity index (χ2n) is 4.49. The van der Waals surface area contributed by atoms with E-state index >= 15 is 0 Å². The molecule has 0 saturated heterocycles. The van der Waals surface area contributed by atoms with Gasteiger partial charge in [-0.2, -0.15) is 0 Å². The minimum Gasteiger partial charge on any atom is -0.396 e. The monoisotopic (exact) mass is 236 g/mol. The molecule has 0 bridgehead atoms. The van der Waals surface area contributed by atoms with Gasteiger partial charge in [-0.3, -0.25) is 0 Å². The molecule has 0 atom stereocenters. The maximum absolute atomic E-state index is 8.74. The SMILES string of the molecule is Cc1cccc(CN)c1N(C)CCCCCO. The normalized spacial score (nSPS) is 10.6. The van der Waals surface area contributed by atoms with E-state index in [-0.39, 0.29) is 0 Å². The van der Waals surface area contributed by atoms with Gasteiger partial charge in [0.25, 0.3) is 0 Å². The highest BCUT2D eigenvalue weighted by Gasteiger charge is 2.08. The quantitative estimate of drug-likeness (QED) is 0.712. The van der Waals surface area contributed by atoms with Gasteiger partial charge in [0.2, 0.25) is 0 Å². The van der Waals surface area contributed by atoms with Gasteiger partial charge in [-0.25, -0.2) is 0 Å². The molecule has 0 radical (unpaired) electrons. The summed E-state index contributed by atoms with van der Waals surface area (Å²) in [7, 11) is 2.11. The van der Waals surface area contributed by atoms with Crippen molar-refractivity contribution in [1.29, 1.82) is 0 Å². The molecule has 1 aromatic carbocycles. The Morgan fingerprint density at radius 1 is 1.24 bits per heavy atom. The van der Waals surface area contributed by atoms with E-state index in [4.69, 9.17) is 10.8 Å². The highest BCUT2D eigenvalue weighted by Crippen LogP contribution is 2.24. The Balaban J connectivity index is 2.64. The molecule has 17 heavy (non-hydrogen) atoms. The topological polar surface area (TPSA) is 49.5 Å². The van der Waals surface area contributed by atoms with Crippen LogP contribution in [0.2, 0.25) is 0 Å². The minimum atomic E-state index is 0.294. The van der Waals surface area contributed by atoms with Gasteiger partial charge >= 0.3 is 0 Å². The van der Waals surface area contributed by atoms with E-state index in [1.807, 2.05) is 0 Å². The molecule has 0 fully saturated rings. The second-order valence-corrected chi connectivity index (χ2v) is 4.49. The van der Waals surface area contributed by atoms with Crippen LogP contribution < -0.4 is 10.6 Å². The fourth-order valence-corrected chi connectivity index (χ4v) is 2.18. The molecule has 1 rings (SSSR count). The number of rotatable bonds is 7. The van der Waals surface area contributed by atoms with E-state index in [0.29, 0.717) is 13.2 Å². The number of nitrogens with zero attached hydrogens (tertiary/aromatic N) is 1. The van der Waals surface area contributed by atoms with Gasteiger partial charge in [0.1, 0.15) is 0 Å². The van der Waals surface area contributed by atoms with E-state index in [9.17, 15) is 0 Å². The molecule has 0 aliphatic heterocycles. The molecule has 0 aliphatic rings. The lowest BCUT2D eigenvalue weighted by Gasteiger charge is -2.24. The molecule has 0 aliphatic carbocycles. The number of aryl methyl sites for hydroxylation is 1. The third-order valence-corrected chi connectivity index (χ3v) is 3.07. The van der Waals surface area contributed by atoms with Crippen LogP contribution in [0, 0.1) is 6.92 Å². The van der Waals surface area contributed by atoms with Gasteiger partial charge in [0, 0.05) is 32.4 Å². The van der Waals surface area contributed by atoms with Gasteiger partial charge in [0.15, 0.2) is 0 Å². The van der Waals surface area contributed by atoms with Crippen molar-refractivity contribution in [2.24, 2.45) is 5.73 Å². The van der Waals surface area contributed by atoms with Crippen molar-refractivity contribution in [3.63, 3.8) is 0 Å². The van der Waals surface area contributed by atoms with Crippen molar-refractivity contribution in [3.8, 4) is 0 Å². The first kappa shape index (κ1) is 14.0. The largest absolute Gasteiger partial charge is 0.396 e. The summed E-state index contributed by atoms with van der Waals surface area (Å²) < 4.78 is 0. The third-order valence-electron chi connectivity index (χ3n) is 3.07. The van der Waals surface area contributed by atoms with Crippen molar-refractivity contribution in [1.82, 2.24) is 0 Å². The van der Waals surface area contributed by atoms with Crippen molar-refractivity contribution >= 4 is 5.69 Å². The predicted octanol–water partition coefficient (Wildman–Crippen LogP) is 2.05. The van der Waals surface area contributed by atoms with Gasteiger partial charge < -0.3 is 15.7 Å². The van der Waals surface area contributed by atoms with Crippen molar-refractivity contribution < 1.29 is 5.11 Å². The number of hydrogen-bond acceptors (Lipinski definition) is 3. The maximum Gasteiger partial charge on any atom is 0.0438 e. The molecule has 3 N–H and O–H groups in total. The maximum atomic E-state index is 8.74. The number of anilines is 1. The fourth-order valence-electron chi connectivity index (χ4n) is 2.18. The van der Waals surface area contributed by atoms with Crippen molar-refractivity contribution in [2.75, 3.05) is 25.1 Å². The average Bonchev–Trinajstić information content (AvgIpc) is 2.34. The molecular formula is C14H24N2O. The summed E-state index contributed by atoms with van der Waals surface area (Å²) in [4.78, 5) is 2.27. The van der Waals surface area contributed by atoms with Crippen LogP contribution in [0.15, 0.2) is 18.2 Å². The standard InChI is InChI=1S/C14H24N2O/c1-12-7-6-8-13(11-15)14(12)16(2)9-4-3-5-10-17/h6-8,17H,3-5,9-11,15H2,1-2H3. The molecule has 0 saturated carbocycles. The zero-order valence-electron chi connectivity index (χ0n) is 10.9. The predicted molar refractivity (Wildman–Crippen MR) is 73.3 cm³/mol. The van der Waals surface area contributed by atoms with Gasteiger partial charge in [-0.05, 0) is 37.3 Å². The van der Waals surface area contributed by atoms with E-state index in [1.54, 1.807) is 0 Å². The first-order valence-electron chi connectivity index (χ1n) is 6.31. The smallest absolute Gasteiger partial charge is 0.0438 e. The average molecular weight is 236 g/mol. The Bertz CT molecular complexity index is 339. The molecule has 0 heterocycles. The van der Waals surface area contributed by atoms with Crippen LogP contribution in [-0.4, -0.2) is 25.3 Å². The number of para-hydroxylation sites is 1. The lowest BCUT2D eigenvalue weighted by Crippen LogP contribution is -2.21. The van der Waals surface area contributed by atoms with Crippen LogP contribution in [0.3, 0.4) is 0 Å². The van der Waals surface area contributed by atoms with E-state index in [0.717, 1.165) is 25.8 Å². The highest BCUT2D eigenvalue weighted by atomic mass is 16.2. The van der Waals surface area contributed by atoms with Gasteiger partial charge in [-0.1, -0.05) is 18.2 Å². The van der Waals surface area contributed by atoms with E-state index in [2.05, 4.69) is 37.1 Å². The number of benzene rings is 1. The van der Waals surface area contributed by atoms with Crippen LogP contribution >= 0.6 is 0 Å². The Hall–Kier alpha value is -1.06. The molecule has 96 valence electrons. The van der Waals surface area contributed by atoms with Crippen LogP contribution in [0.5, 0.6) is 0 Å². The summed E-state index contributed by atoms with van der Waals surface area (Å²) in [6.45, 7) is 4.01. The van der Waals surface area contributed by atoms with E-state index < -0.39 is 0 Å².